The Morgan fingerprint density at radius 1 is 1.19 bits per heavy atom. The van der Waals surface area contributed by atoms with Crippen molar-refractivity contribution in [1.29, 1.82) is 0 Å². The number of likely N-dealkylation sites (tertiary alicyclic amines) is 1. The van der Waals surface area contributed by atoms with Crippen LogP contribution in [0.5, 0.6) is 5.75 Å². The van der Waals surface area contributed by atoms with Gasteiger partial charge >= 0.3 is 0 Å². The summed E-state index contributed by atoms with van der Waals surface area (Å²) in [6.45, 7) is 5.21. The molecule has 1 saturated heterocycles. The molecule has 1 aliphatic rings. The normalized spacial score (nSPS) is 17.3. The van der Waals surface area contributed by atoms with Crippen LogP contribution >= 0.6 is 11.3 Å². The Hall–Kier alpha value is -1.85. The van der Waals surface area contributed by atoms with Crippen molar-refractivity contribution in [3.63, 3.8) is 0 Å². The fourth-order valence-corrected chi connectivity index (χ4v) is 4.44. The predicted octanol–water partition coefficient (Wildman–Crippen LogP) is 4.07. The highest BCUT2D eigenvalue weighted by molar-refractivity contribution is 7.09. The molecule has 0 saturated carbocycles. The SMILES string of the molecule is COc1ccc(C(Cc2cccs2)C(=O)NCC(C)N2CCCCC2)cc1. The lowest BCUT2D eigenvalue weighted by Gasteiger charge is -2.32. The second kappa shape index (κ2) is 9.90. The summed E-state index contributed by atoms with van der Waals surface area (Å²) in [5.41, 5.74) is 1.03. The minimum absolute atomic E-state index is 0.109. The largest absolute Gasteiger partial charge is 0.497 e. The van der Waals surface area contributed by atoms with E-state index in [1.807, 2.05) is 30.3 Å². The van der Waals surface area contributed by atoms with Crippen LogP contribution < -0.4 is 10.1 Å². The van der Waals surface area contributed by atoms with Crippen LogP contribution in [0.2, 0.25) is 0 Å². The van der Waals surface area contributed by atoms with Gasteiger partial charge in [0.15, 0.2) is 0 Å². The summed E-state index contributed by atoms with van der Waals surface area (Å²) in [6.07, 6.45) is 4.60. The van der Waals surface area contributed by atoms with Gasteiger partial charge < -0.3 is 10.1 Å². The highest BCUT2D eigenvalue weighted by Crippen LogP contribution is 2.25. The number of amides is 1. The Balaban J connectivity index is 1.66. The van der Waals surface area contributed by atoms with Gasteiger partial charge in [0.1, 0.15) is 5.75 Å². The first-order valence-corrected chi connectivity index (χ1v) is 10.7. The fourth-order valence-electron chi connectivity index (χ4n) is 3.69. The van der Waals surface area contributed by atoms with Gasteiger partial charge in [-0.05, 0) is 68.4 Å². The van der Waals surface area contributed by atoms with Gasteiger partial charge in [-0.15, -0.1) is 11.3 Å². The Morgan fingerprint density at radius 2 is 1.93 bits per heavy atom. The molecule has 1 aromatic heterocycles. The number of hydrogen-bond acceptors (Lipinski definition) is 4. The van der Waals surface area contributed by atoms with E-state index in [4.69, 9.17) is 4.74 Å². The Kier molecular flexibility index (Phi) is 7.30. The third-order valence-corrected chi connectivity index (χ3v) is 6.30. The molecule has 0 spiro atoms. The maximum Gasteiger partial charge on any atom is 0.227 e. The van der Waals surface area contributed by atoms with Gasteiger partial charge in [-0.3, -0.25) is 9.69 Å². The summed E-state index contributed by atoms with van der Waals surface area (Å²) in [6, 6.07) is 12.4. The minimum Gasteiger partial charge on any atom is -0.497 e. The number of nitrogens with zero attached hydrogens (tertiary/aromatic N) is 1. The second-order valence-electron chi connectivity index (χ2n) is 7.30. The van der Waals surface area contributed by atoms with E-state index < -0.39 is 0 Å². The van der Waals surface area contributed by atoms with E-state index in [1.165, 1.54) is 24.1 Å². The fraction of sp³-hybridized carbons (Fsp3) is 0.500. The van der Waals surface area contributed by atoms with Gasteiger partial charge in [0, 0.05) is 17.5 Å². The summed E-state index contributed by atoms with van der Waals surface area (Å²) >= 11 is 1.71. The lowest BCUT2D eigenvalue weighted by molar-refractivity contribution is -0.122. The number of hydrogen-bond donors (Lipinski definition) is 1. The van der Waals surface area contributed by atoms with Crippen LogP contribution in [0.1, 0.15) is 42.5 Å². The molecule has 27 heavy (non-hydrogen) atoms. The summed E-state index contributed by atoms with van der Waals surface area (Å²) in [5.74, 6) is 0.744. The van der Waals surface area contributed by atoms with E-state index in [0.717, 1.165) is 30.8 Å². The molecule has 1 N–H and O–H groups in total. The van der Waals surface area contributed by atoms with Gasteiger partial charge in [0.2, 0.25) is 5.91 Å². The van der Waals surface area contributed by atoms with E-state index in [2.05, 4.69) is 28.6 Å². The van der Waals surface area contributed by atoms with Gasteiger partial charge in [0.05, 0.1) is 13.0 Å². The van der Waals surface area contributed by atoms with E-state index in [1.54, 1.807) is 18.4 Å². The van der Waals surface area contributed by atoms with E-state index >= 15 is 0 Å². The minimum atomic E-state index is -0.178. The van der Waals surface area contributed by atoms with Gasteiger partial charge in [0.25, 0.3) is 0 Å². The number of benzene rings is 1. The zero-order chi connectivity index (χ0) is 19.1. The van der Waals surface area contributed by atoms with Crippen molar-refractivity contribution in [3.8, 4) is 5.75 Å². The number of rotatable bonds is 8. The van der Waals surface area contributed by atoms with Crippen molar-refractivity contribution < 1.29 is 9.53 Å². The third kappa shape index (κ3) is 5.56. The van der Waals surface area contributed by atoms with Crippen LogP contribution in [-0.4, -0.2) is 43.6 Å². The molecule has 1 aliphatic heterocycles. The molecule has 146 valence electrons. The summed E-state index contributed by atoms with van der Waals surface area (Å²) in [4.78, 5) is 16.8. The standard InChI is InChI=1S/C22H30N2O2S/c1-17(24-12-4-3-5-13-24)16-23-22(25)21(15-20-7-6-14-27-20)18-8-10-19(26-2)11-9-18/h6-11,14,17,21H,3-5,12-13,15-16H2,1-2H3,(H,23,25). The number of ether oxygens (including phenoxy) is 1. The highest BCUT2D eigenvalue weighted by atomic mass is 32.1. The average Bonchev–Trinajstić information content (AvgIpc) is 3.24. The molecule has 1 aromatic carbocycles. The molecule has 1 amide bonds. The first-order chi connectivity index (χ1) is 13.2. The van der Waals surface area contributed by atoms with Crippen LogP contribution in [0.3, 0.4) is 0 Å². The van der Waals surface area contributed by atoms with Crippen LogP contribution in [0.25, 0.3) is 0 Å². The van der Waals surface area contributed by atoms with Crippen molar-refractivity contribution >= 4 is 17.2 Å². The zero-order valence-electron chi connectivity index (χ0n) is 16.3. The Morgan fingerprint density at radius 3 is 2.56 bits per heavy atom. The molecule has 5 heteroatoms. The Bertz CT molecular complexity index is 694. The Labute approximate surface area is 166 Å². The molecule has 2 aromatic rings. The monoisotopic (exact) mass is 386 g/mol. The van der Waals surface area contributed by atoms with Gasteiger partial charge in [-0.2, -0.15) is 0 Å². The zero-order valence-corrected chi connectivity index (χ0v) is 17.1. The van der Waals surface area contributed by atoms with Gasteiger partial charge in [-0.25, -0.2) is 0 Å². The van der Waals surface area contributed by atoms with Crippen molar-refractivity contribution in [2.24, 2.45) is 0 Å². The van der Waals surface area contributed by atoms with Gasteiger partial charge in [-0.1, -0.05) is 24.6 Å². The second-order valence-corrected chi connectivity index (χ2v) is 8.33. The number of carbonyl (C=O) groups is 1. The summed E-state index contributed by atoms with van der Waals surface area (Å²) < 4.78 is 5.26. The lowest BCUT2D eigenvalue weighted by atomic mass is 9.94. The molecule has 4 nitrogen and oxygen atoms in total. The molecule has 1 fully saturated rings. The van der Waals surface area contributed by atoms with Crippen LogP contribution in [-0.2, 0) is 11.2 Å². The first-order valence-electron chi connectivity index (χ1n) is 9.85. The van der Waals surface area contributed by atoms with Crippen LogP contribution in [0, 0.1) is 0 Å². The molecule has 0 bridgehead atoms. The molecular weight excluding hydrogens is 356 g/mol. The highest BCUT2D eigenvalue weighted by Gasteiger charge is 2.23. The van der Waals surface area contributed by atoms with Crippen molar-refractivity contribution in [3.05, 3.63) is 52.2 Å². The number of thiophene rings is 1. The summed E-state index contributed by atoms with van der Waals surface area (Å²) in [5, 5.41) is 5.28. The number of nitrogens with one attached hydrogen (secondary N) is 1. The van der Waals surface area contributed by atoms with E-state index in [-0.39, 0.29) is 11.8 Å². The average molecular weight is 387 g/mol. The number of methoxy groups -OCH3 is 1. The molecule has 2 atom stereocenters. The lowest BCUT2D eigenvalue weighted by Crippen LogP contribution is -2.45. The molecule has 2 unspecified atom stereocenters. The molecule has 0 radical (unpaired) electrons. The topological polar surface area (TPSA) is 41.6 Å². The first kappa shape index (κ1) is 19.9. The molecule has 0 aliphatic carbocycles. The smallest absolute Gasteiger partial charge is 0.227 e. The van der Waals surface area contributed by atoms with Crippen LogP contribution in [0.15, 0.2) is 41.8 Å². The molecular formula is C22H30N2O2S. The number of carbonyl (C=O) groups excluding carboxylic acids is 1. The van der Waals surface area contributed by atoms with E-state index in [0.29, 0.717) is 12.6 Å². The maximum absolute atomic E-state index is 13.1. The third-order valence-electron chi connectivity index (χ3n) is 5.41. The van der Waals surface area contributed by atoms with Crippen molar-refractivity contribution in [2.75, 3.05) is 26.7 Å². The van der Waals surface area contributed by atoms with E-state index in [9.17, 15) is 4.79 Å². The predicted molar refractivity (Wildman–Crippen MR) is 112 cm³/mol. The summed E-state index contributed by atoms with van der Waals surface area (Å²) in [7, 11) is 1.66. The van der Waals surface area contributed by atoms with Crippen molar-refractivity contribution in [1.82, 2.24) is 10.2 Å². The quantitative estimate of drug-likeness (QED) is 0.743. The van der Waals surface area contributed by atoms with Crippen LogP contribution in [0.4, 0.5) is 0 Å². The number of piperidine rings is 1. The maximum atomic E-state index is 13.1. The molecule has 3 rings (SSSR count). The molecule has 2 heterocycles. The van der Waals surface area contributed by atoms with Crippen molar-refractivity contribution in [2.45, 2.75) is 44.6 Å².